The van der Waals surface area contributed by atoms with Gasteiger partial charge in [0.1, 0.15) is 0 Å². The number of aryl methyl sites for hydroxylation is 1. The molecule has 1 aromatic carbocycles. The Morgan fingerprint density at radius 3 is 2.62 bits per heavy atom. The molecule has 1 fully saturated rings. The van der Waals surface area contributed by atoms with Crippen molar-refractivity contribution in [3.8, 4) is 0 Å². The minimum absolute atomic E-state index is 0.00361. The fraction of sp³-hybridized carbons (Fsp3) is 0.593. The van der Waals surface area contributed by atoms with E-state index in [1.54, 1.807) is 0 Å². The minimum Gasteiger partial charge on any atom is -0.393 e. The maximum atomic E-state index is 11.5. The lowest BCUT2D eigenvalue weighted by molar-refractivity contribution is -0.121. The fourth-order valence-corrected chi connectivity index (χ4v) is 4.41. The van der Waals surface area contributed by atoms with Gasteiger partial charge in [0, 0.05) is 25.3 Å². The average Bonchev–Trinajstić information content (AvgIpc) is 3.05. The second-order valence-corrected chi connectivity index (χ2v) is 8.85. The first kappa shape index (κ1) is 26.3. The Morgan fingerprint density at radius 1 is 1.09 bits per heavy atom. The first-order chi connectivity index (χ1) is 15.5. The van der Waals surface area contributed by atoms with Crippen LogP contribution in [0, 0.1) is 11.8 Å². The Labute approximate surface area is 193 Å². The molecule has 1 amide bonds. The van der Waals surface area contributed by atoms with Gasteiger partial charge in [0.2, 0.25) is 5.91 Å². The number of hydrogen-bond acceptors (Lipinski definition) is 4. The van der Waals surface area contributed by atoms with Crippen molar-refractivity contribution in [2.24, 2.45) is 11.8 Å². The minimum atomic E-state index is -0.527. The number of rotatable bonds is 14. The van der Waals surface area contributed by atoms with Gasteiger partial charge in [0.05, 0.1) is 18.3 Å². The van der Waals surface area contributed by atoms with Gasteiger partial charge in [-0.3, -0.25) is 4.79 Å². The highest BCUT2D eigenvalue weighted by molar-refractivity contribution is 5.75. The van der Waals surface area contributed by atoms with Crippen LogP contribution in [0.3, 0.4) is 0 Å². The third-order valence-corrected chi connectivity index (χ3v) is 6.27. The van der Waals surface area contributed by atoms with Crippen molar-refractivity contribution in [3.63, 3.8) is 0 Å². The van der Waals surface area contributed by atoms with E-state index in [9.17, 15) is 20.1 Å². The van der Waals surface area contributed by atoms with E-state index in [0.29, 0.717) is 32.2 Å². The van der Waals surface area contributed by atoms with E-state index >= 15 is 0 Å². The SMILES string of the molecule is CCNC(=O)CCC/C=C\C[C@@H]1[C@@H](/C=C/CC[C@@H](O)CCc2ccccc2)[C@H](O)C[C@@H]1O. The topological polar surface area (TPSA) is 89.8 Å². The van der Waals surface area contributed by atoms with Crippen LogP contribution in [0.25, 0.3) is 0 Å². The summed E-state index contributed by atoms with van der Waals surface area (Å²) in [6.45, 7) is 2.58. The fourth-order valence-electron chi connectivity index (χ4n) is 4.41. The zero-order chi connectivity index (χ0) is 23.2. The number of hydrogen-bond donors (Lipinski definition) is 4. The molecule has 2 rings (SSSR count). The second-order valence-electron chi connectivity index (χ2n) is 8.85. The lowest BCUT2D eigenvalue weighted by atomic mass is 9.89. The van der Waals surface area contributed by atoms with Crippen molar-refractivity contribution in [3.05, 3.63) is 60.2 Å². The zero-order valence-electron chi connectivity index (χ0n) is 19.4. The number of carbonyl (C=O) groups is 1. The first-order valence-electron chi connectivity index (χ1n) is 12.2. The van der Waals surface area contributed by atoms with Gasteiger partial charge in [0.25, 0.3) is 0 Å². The van der Waals surface area contributed by atoms with Crippen molar-refractivity contribution in [1.29, 1.82) is 0 Å². The predicted molar refractivity (Wildman–Crippen MR) is 129 cm³/mol. The summed E-state index contributed by atoms with van der Waals surface area (Å²) in [7, 11) is 0. The highest BCUT2D eigenvalue weighted by Crippen LogP contribution is 2.36. The molecule has 1 saturated carbocycles. The van der Waals surface area contributed by atoms with Gasteiger partial charge in [-0.2, -0.15) is 0 Å². The van der Waals surface area contributed by atoms with Crippen molar-refractivity contribution in [2.75, 3.05) is 6.54 Å². The number of carbonyl (C=O) groups excluding carboxylic acids is 1. The third kappa shape index (κ3) is 9.68. The Bertz CT molecular complexity index is 703. The molecule has 178 valence electrons. The maximum absolute atomic E-state index is 11.5. The van der Waals surface area contributed by atoms with Crippen LogP contribution >= 0.6 is 0 Å². The lowest BCUT2D eigenvalue weighted by Crippen LogP contribution is -2.21. The summed E-state index contributed by atoms with van der Waals surface area (Å²) >= 11 is 0. The molecule has 1 aliphatic rings. The highest BCUT2D eigenvalue weighted by Gasteiger charge is 2.39. The predicted octanol–water partition coefficient (Wildman–Crippen LogP) is 3.93. The van der Waals surface area contributed by atoms with Crippen LogP contribution in [0.15, 0.2) is 54.6 Å². The van der Waals surface area contributed by atoms with Crippen LogP contribution in [0.2, 0.25) is 0 Å². The normalized spacial score (nSPS) is 24.4. The molecule has 5 nitrogen and oxygen atoms in total. The third-order valence-electron chi connectivity index (χ3n) is 6.27. The molecule has 0 aromatic heterocycles. The monoisotopic (exact) mass is 443 g/mol. The van der Waals surface area contributed by atoms with Gasteiger partial charge in [-0.15, -0.1) is 0 Å². The van der Waals surface area contributed by atoms with Crippen LogP contribution in [-0.2, 0) is 11.2 Å². The van der Waals surface area contributed by atoms with E-state index in [1.165, 1.54) is 5.56 Å². The van der Waals surface area contributed by atoms with Crippen molar-refractivity contribution < 1.29 is 20.1 Å². The molecule has 5 heteroatoms. The summed E-state index contributed by atoms with van der Waals surface area (Å²) in [5.74, 6) is 0.0287. The molecule has 0 aliphatic heterocycles. The van der Waals surface area contributed by atoms with Crippen molar-refractivity contribution in [2.45, 2.75) is 83.0 Å². The first-order valence-corrected chi connectivity index (χ1v) is 12.2. The van der Waals surface area contributed by atoms with E-state index in [-0.39, 0.29) is 23.8 Å². The maximum Gasteiger partial charge on any atom is 0.219 e. The Hall–Kier alpha value is -1.95. The van der Waals surface area contributed by atoms with Crippen LogP contribution in [-0.4, -0.2) is 46.1 Å². The standard InChI is InChI=1S/C27H41NO4/c1-2-28-27(32)17-9-4-3-8-15-23-24(26(31)20-25(23)30)16-11-10-14-22(29)19-18-21-12-6-5-7-13-21/h3,5-8,11-13,16,22-26,29-31H,2,4,9-10,14-15,17-20H2,1H3,(H,28,32)/b8-3-,16-11+/t22-,23-,24-,25+,26-/m1/s1. The number of unbranched alkanes of at least 4 members (excludes halogenated alkanes) is 1. The number of aliphatic hydroxyl groups is 3. The molecule has 0 saturated heterocycles. The molecule has 32 heavy (non-hydrogen) atoms. The van der Waals surface area contributed by atoms with Crippen LogP contribution < -0.4 is 5.32 Å². The highest BCUT2D eigenvalue weighted by atomic mass is 16.3. The number of benzene rings is 1. The summed E-state index contributed by atoms with van der Waals surface area (Å²) in [6, 6.07) is 10.2. The quantitative estimate of drug-likeness (QED) is 0.259. The zero-order valence-corrected chi connectivity index (χ0v) is 19.4. The largest absolute Gasteiger partial charge is 0.393 e. The summed E-state index contributed by atoms with van der Waals surface area (Å²) in [4.78, 5) is 11.5. The van der Waals surface area contributed by atoms with Crippen LogP contribution in [0.4, 0.5) is 0 Å². The number of aliphatic hydroxyl groups excluding tert-OH is 3. The average molecular weight is 444 g/mol. The van der Waals surface area contributed by atoms with Crippen molar-refractivity contribution >= 4 is 5.91 Å². The van der Waals surface area contributed by atoms with Gasteiger partial charge >= 0.3 is 0 Å². The summed E-state index contributed by atoms with van der Waals surface area (Å²) in [5.41, 5.74) is 1.24. The molecule has 1 aliphatic carbocycles. The molecule has 0 bridgehead atoms. The van der Waals surface area contributed by atoms with Gasteiger partial charge in [0.15, 0.2) is 0 Å². The Kier molecular flexibility index (Phi) is 12.3. The van der Waals surface area contributed by atoms with E-state index in [2.05, 4.69) is 29.6 Å². The van der Waals surface area contributed by atoms with Gasteiger partial charge < -0.3 is 20.6 Å². The molecule has 0 heterocycles. The van der Waals surface area contributed by atoms with Gasteiger partial charge in [-0.1, -0.05) is 54.6 Å². The molecule has 1 aromatic rings. The Morgan fingerprint density at radius 2 is 1.88 bits per heavy atom. The van der Waals surface area contributed by atoms with E-state index in [1.807, 2.05) is 37.3 Å². The summed E-state index contributed by atoms with van der Waals surface area (Å²) in [6.07, 6.45) is 13.2. The molecular weight excluding hydrogens is 402 g/mol. The molecule has 5 atom stereocenters. The van der Waals surface area contributed by atoms with E-state index in [4.69, 9.17) is 0 Å². The van der Waals surface area contributed by atoms with Crippen LogP contribution in [0.1, 0.15) is 63.9 Å². The Balaban J connectivity index is 1.69. The number of allylic oxidation sites excluding steroid dienone is 3. The van der Waals surface area contributed by atoms with Gasteiger partial charge in [-0.25, -0.2) is 0 Å². The van der Waals surface area contributed by atoms with Crippen LogP contribution in [0.5, 0.6) is 0 Å². The summed E-state index contributed by atoms with van der Waals surface area (Å²) < 4.78 is 0. The lowest BCUT2D eigenvalue weighted by Gasteiger charge is -2.19. The smallest absolute Gasteiger partial charge is 0.219 e. The second kappa shape index (κ2) is 15.0. The molecule has 0 unspecified atom stereocenters. The van der Waals surface area contributed by atoms with Crippen molar-refractivity contribution in [1.82, 2.24) is 5.32 Å². The molecular formula is C27H41NO4. The van der Waals surface area contributed by atoms with E-state index < -0.39 is 12.2 Å². The van der Waals surface area contributed by atoms with E-state index in [0.717, 1.165) is 32.1 Å². The number of nitrogens with one attached hydrogen (secondary N) is 1. The molecule has 0 spiro atoms. The molecule has 4 N–H and O–H groups in total. The number of amides is 1. The molecule has 0 radical (unpaired) electrons. The van der Waals surface area contributed by atoms with Gasteiger partial charge in [-0.05, 0) is 63.4 Å². The summed E-state index contributed by atoms with van der Waals surface area (Å²) in [5, 5.41) is 33.8.